The zero-order valence-electron chi connectivity index (χ0n) is 15.0. The summed E-state index contributed by atoms with van der Waals surface area (Å²) in [6, 6.07) is 10.7. The van der Waals surface area contributed by atoms with Gasteiger partial charge < -0.3 is 10.3 Å². The molecule has 0 radical (unpaired) electrons. The quantitative estimate of drug-likeness (QED) is 0.551. The number of rotatable bonds is 6. The number of aromatic nitrogens is 4. The predicted molar refractivity (Wildman–Crippen MR) is 101 cm³/mol. The molecule has 0 bridgehead atoms. The third kappa shape index (κ3) is 3.40. The van der Waals surface area contributed by atoms with Crippen molar-refractivity contribution < 1.29 is 9.18 Å². The molecule has 0 aliphatic rings. The molecule has 1 amide bonds. The highest BCUT2D eigenvalue weighted by Crippen LogP contribution is 2.16. The Kier molecular flexibility index (Phi) is 4.58. The summed E-state index contributed by atoms with van der Waals surface area (Å²) in [4.78, 5) is 25.0. The predicted octanol–water partition coefficient (Wildman–Crippen LogP) is 3.27. The van der Waals surface area contributed by atoms with Crippen molar-refractivity contribution in [1.29, 1.82) is 0 Å². The molecule has 1 aromatic carbocycles. The number of pyridine rings is 1. The van der Waals surface area contributed by atoms with Gasteiger partial charge in [-0.15, -0.1) is 0 Å². The second-order valence-electron chi connectivity index (χ2n) is 6.44. The molecule has 27 heavy (non-hydrogen) atoms. The number of nitrogens with zero attached hydrogens (tertiary/aromatic N) is 3. The molecule has 7 heteroatoms. The van der Waals surface area contributed by atoms with Gasteiger partial charge >= 0.3 is 0 Å². The number of carbonyl (C=O) groups excluding carboxylic acids is 1. The van der Waals surface area contributed by atoms with E-state index < -0.39 is 5.82 Å². The largest absolute Gasteiger partial charge is 0.350 e. The van der Waals surface area contributed by atoms with Crippen LogP contribution in [-0.4, -0.2) is 31.8 Å². The number of benzene rings is 1. The smallest absolute Gasteiger partial charge is 0.270 e. The molecule has 6 nitrogen and oxygen atoms in total. The average Bonchev–Trinajstić information content (AvgIpc) is 3.22. The first kappa shape index (κ1) is 17.2. The van der Waals surface area contributed by atoms with Crippen LogP contribution >= 0.6 is 0 Å². The number of fused-ring (bicyclic) bond motifs is 2. The molecule has 0 aliphatic carbocycles. The molecular formula is C20H20FN5O. The first-order chi connectivity index (χ1) is 13.2. The molecular weight excluding hydrogens is 345 g/mol. The molecule has 2 N–H and O–H groups in total. The first-order valence-electron chi connectivity index (χ1n) is 9.04. The summed E-state index contributed by atoms with van der Waals surface area (Å²) in [6.45, 7) is 2.45. The highest BCUT2D eigenvalue weighted by molar-refractivity contribution is 5.94. The lowest BCUT2D eigenvalue weighted by atomic mass is 10.2. The van der Waals surface area contributed by atoms with Crippen LogP contribution in [0.4, 0.5) is 4.39 Å². The number of para-hydroxylation sites is 2. The van der Waals surface area contributed by atoms with Crippen molar-refractivity contribution in [3.05, 3.63) is 65.6 Å². The van der Waals surface area contributed by atoms with Crippen LogP contribution in [0.3, 0.4) is 0 Å². The Balaban J connectivity index is 1.52. The van der Waals surface area contributed by atoms with Crippen molar-refractivity contribution in [3.8, 4) is 0 Å². The summed E-state index contributed by atoms with van der Waals surface area (Å²) in [5, 5.41) is 2.91. The molecule has 0 unspecified atom stereocenters. The summed E-state index contributed by atoms with van der Waals surface area (Å²) in [6.07, 6.45) is 3.39. The third-order valence-electron chi connectivity index (χ3n) is 4.44. The summed E-state index contributed by atoms with van der Waals surface area (Å²) < 4.78 is 15.2. The number of halogens is 1. The van der Waals surface area contributed by atoms with Crippen molar-refractivity contribution in [2.45, 2.75) is 26.2 Å². The highest BCUT2D eigenvalue weighted by Gasteiger charge is 2.19. The summed E-state index contributed by atoms with van der Waals surface area (Å²) in [5.74, 6) is 0.154. The lowest BCUT2D eigenvalue weighted by Crippen LogP contribution is -2.28. The fraction of sp³-hybridized carbons (Fsp3) is 0.250. The molecule has 138 valence electrons. The minimum atomic E-state index is -0.403. The normalized spacial score (nSPS) is 11.3. The van der Waals surface area contributed by atoms with Gasteiger partial charge in [0.25, 0.3) is 5.91 Å². The summed E-state index contributed by atoms with van der Waals surface area (Å²) >= 11 is 0. The van der Waals surface area contributed by atoms with Gasteiger partial charge in [-0.05, 0) is 30.7 Å². The molecule has 3 aromatic heterocycles. The average molecular weight is 365 g/mol. The fourth-order valence-electron chi connectivity index (χ4n) is 3.22. The number of carbonyl (C=O) groups is 1. The number of hydrogen-bond donors (Lipinski definition) is 2. The fourth-order valence-corrected chi connectivity index (χ4v) is 3.22. The number of nitrogens with one attached hydrogen (secondary N) is 2. The number of aryl methyl sites for hydroxylation is 1. The molecule has 4 rings (SSSR count). The Labute approximate surface area is 155 Å². The van der Waals surface area contributed by atoms with E-state index in [-0.39, 0.29) is 5.91 Å². The van der Waals surface area contributed by atoms with Crippen LogP contribution in [0.25, 0.3) is 16.7 Å². The van der Waals surface area contributed by atoms with E-state index in [0.717, 1.165) is 23.3 Å². The van der Waals surface area contributed by atoms with Crippen LogP contribution in [0.1, 0.15) is 35.4 Å². The van der Waals surface area contributed by atoms with Gasteiger partial charge in [0, 0.05) is 19.2 Å². The van der Waals surface area contributed by atoms with E-state index in [0.29, 0.717) is 36.4 Å². The van der Waals surface area contributed by atoms with Crippen LogP contribution in [-0.2, 0) is 12.8 Å². The molecule has 0 saturated carbocycles. The Morgan fingerprint density at radius 2 is 2.04 bits per heavy atom. The van der Waals surface area contributed by atoms with Crippen molar-refractivity contribution >= 4 is 22.6 Å². The van der Waals surface area contributed by atoms with E-state index in [9.17, 15) is 9.18 Å². The first-order valence-corrected chi connectivity index (χ1v) is 9.04. The minimum Gasteiger partial charge on any atom is -0.350 e. The Hall–Kier alpha value is -3.22. The maximum Gasteiger partial charge on any atom is 0.270 e. The second kappa shape index (κ2) is 7.19. The number of hydrogen-bond acceptors (Lipinski definition) is 3. The third-order valence-corrected chi connectivity index (χ3v) is 4.44. The lowest BCUT2D eigenvalue weighted by molar-refractivity contribution is 0.0947. The molecule has 0 spiro atoms. The van der Waals surface area contributed by atoms with Crippen molar-refractivity contribution in [1.82, 2.24) is 24.7 Å². The second-order valence-corrected chi connectivity index (χ2v) is 6.44. The molecule has 0 saturated heterocycles. The van der Waals surface area contributed by atoms with E-state index in [1.54, 1.807) is 6.07 Å². The zero-order chi connectivity index (χ0) is 18.8. The minimum absolute atomic E-state index is 0.257. The summed E-state index contributed by atoms with van der Waals surface area (Å²) in [5.41, 5.74) is 3.53. The molecule has 0 fully saturated rings. The van der Waals surface area contributed by atoms with E-state index >= 15 is 0 Å². The van der Waals surface area contributed by atoms with Gasteiger partial charge in [-0.1, -0.05) is 25.5 Å². The molecule has 0 atom stereocenters. The monoisotopic (exact) mass is 365 g/mol. The van der Waals surface area contributed by atoms with Gasteiger partial charge in [-0.25, -0.2) is 14.4 Å². The number of H-pyrrole nitrogens is 1. The zero-order valence-corrected chi connectivity index (χ0v) is 15.0. The van der Waals surface area contributed by atoms with Gasteiger partial charge in [0.2, 0.25) is 0 Å². The topological polar surface area (TPSA) is 75.1 Å². The highest BCUT2D eigenvalue weighted by atomic mass is 19.1. The molecule has 0 aliphatic heterocycles. The van der Waals surface area contributed by atoms with Gasteiger partial charge in [0.15, 0.2) is 0 Å². The van der Waals surface area contributed by atoms with Gasteiger partial charge in [-0.3, -0.25) is 9.20 Å². The van der Waals surface area contributed by atoms with E-state index in [2.05, 4.69) is 20.3 Å². The van der Waals surface area contributed by atoms with E-state index in [4.69, 9.17) is 0 Å². The Bertz CT molecular complexity index is 1080. The van der Waals surface area contributed by atoms with Gasteiger partial charge in [0.05, 0.1) is 16.7 Å². The lowest BCUT2D eigenvalue weighted by Gasteiger charge is -2.06. The maximum atomic E-state index is 13.7. The van der Waals surface area contributed by atoms with Gasteiger partial charge in [0.1, 0.15) is 23.0 Å². The van der Waals surface area contributed by atoms with Crippen LogP contribution in [0.5, 0.6) is 0 Å². The molecule has 4 aromatic rings. The van der Waals surface area contributed by atoms with Crippen molar-refractivity contribution in [2.24, 2.45) is 0 Å². The molecule has 3 heterocycles. The van der Waals surface area contributed by atoms with Crippen molar-refractivity contribution in [3.63, 3.8) is 0 Å². The number of amides is 1. The Morgan fingerprint density at radius 1 is 1.19 bits per heavy atom. The van der Waals surface area contributed by atoms with E-state index in [1.807, 2.05) is 31.2 Å². The van der Waals surface area contributed by atoms with Crippen LogP contribution < -0.4 is 5.32 Å². The maximum absolute atomic E-state index is 13.7. The SMILES string of the molecule is CCCc1nc2ccc(F)cn2c1C(=O)NCCc1nc2ccccc2[nH]1. The van der Waals surface area contributed by atoms with Crippen LogP contribution in [0.2, 0.25) is 0 Å². The summed E-state index contributed by atoms with van der Waals surface area (Å²) in [7, 11) is 0. The Morgan fingerprint density at radius 3 is 2.85 bits per heavy atom. The number of imidazole rings is 2. The van der Waals surface area contributed by atoms with E-state index in [1.165, 1.54) is 16.7 Å². The standard InChI is InChI=1S/C20H20FN5O/c1-2-5-16-19(26-12-13(21)8-9-18(26)25-16)20(27)22-11-10-17-23-14-6-3-4-7-15(14)24-17/h3-4,6-9,12H,2,5,10-11H2,1H3,(H,22,27)(H,23,24). The van der Waals surface area contributed by atoms with Crippen molar-refractivity contribution in [2.75, 3.05) is 6.54 Å². The van der Waals surface area contributed by atoms with Gasteiger partial charge in [-0.2, -0.15) is 0 Å². The number of aromatic amines is 1. The van der Waals surface area contributed by atoms with Crippen LogP contribution in [0, 0.1) is 5.82 Å². The van der Waals surface area contributed by atoms with Crippen LogP contribution in [0.15, 0.2) is 42.6 Å².